The number of carbonyl (C=O) groups is 2. The average molecular weight is 712 g/mol. The number of ether oxygens (including phenoxy) is 2. The van der Waals surface area contributed by atoms with E-state index in [2.05, 4.69) is 35.5 Å². The largest absolute Gasteiger partial charge is 0.496 e. The lowest BCUT2D eigenvalue weighted by Gasteiger charge is -2.47. The van der Waals surface area contributed by atoms with Crippen molar-refractivity contribution in [2.75, 3.05) is 24.9 Å². The molecule has 264 valence electrons. The molecule has 0 bridgehead atoms. The van der Waals surface area contributed by atoms with Crippen molar-refractivity contribution in [1.82, 2.24) is 5.32 Å². The summed E-state index contributed by atoms with van der Waals surface area (Å²) < 4.78 is 11.0. The second kappa shape index (κ2) is 15.7. The van der Waals surface area contributed by atoms with E-state index in [0.29, 0.717) is 41.4 Å². The van der Waals surface area contributed by atoms with Gasteiger partial charge >= 0.3 is 5.91 Å². The maximum absolute atomic E-state index is 15.5. The van der Waals surface area contributed by atoms with E-state index < -0.39 is 17.0 Å². The van der Waals surface area contributed by atoms with E-state index in [1.807, 2.05) is 78.9 Å². The molecular formula is C44H42ClN3O4. The zero-order valence-electron chi connectivity index (χ0n) is 29.4. The summed E-state index contributed by atoms with van der Waals surface area (Å²) in [6.45, 7) is 0. The summed E-state index contributed by atoms with van der Waals surface area (Å²) in [5.41, 5.74) is 9.32. The number of benzene rings is 5. The quantitative estimate of drug-likeness (QED) is 0.0817. The van der Waals surface area contributed by atoms with Crippen molar-refractivity contribution < 1.29 is 19.1 Å². The molecule has 0 unspecified atom stereocenters. The highest BCUT2D eigenvalue weighted by atomic mass is 35.5. The van der Waals surface area contributed by atoms with Crippen molar-refractivity contribution in [2.45, 2.75) is 49.6 Å². The molecule has 2 amide bonds. The second-order valence-electron chi connectivity index (χ2n) is 13.1. The fourth-order valence-corrected chi connectivity index (χ4v) is 7.77. The third-order valence-corrected chi connectivity index (χ3v) is 10.3. The van der Waals surface area contributed by atoms with Crippen molar-refractivity contribution in [1.29, 1.82) is 0 Å². The van der Waals surface area contributed by atoms with E-state index in [1.165, 1.54) is 12.0 Å². The van der Waals surface area contributed by atoms with Gasteiger partial charge in [-0.1, -0.05) is 116 Å². The van der Waals surface area contributed by atoms with E-state index in [9.17, 15) is 4.79 Å². The predicted octanol–water partition coefficient (Wildman–Crippen LogP) is 8.31. The van der Waals surface area contributed by atoms with Crippen LogP contribution in [0.5, 0.6) is 11.5 Å². The number of hydrogen-bond acceptors (Lipinski definition) is 5. The number of nitrogens with one attached hydrogen (secondary N) is 1. The lowest BCUT2D eigenvalue weighted by atomic mass is 9.74. The zero-order valence-corrected chi connectivity index (χ0v) is 30.2. The lowest BCUT2D eigenvalue weighted by Crippen LogP contribution is -2.65. The van der Waals surface area contributed by atoms with Crippen LogP contribution in [-0.4, -0.2) is 31.6 Å². The van der Waals surface area contributed by atoms with Gasteiger partial charge in [-0.3, -0.25) is 14.5 Å². The molecule has 1 aliphatic rings. The summed E-state index contributed by atoms with van der Waals surface area (Å²) in [5.74, 6) is 2.57. The zero-order chi connectivity index (χ0) is 36.7. The van der Waals surface area contributed by atoms with Crippen molar-refractivity contribution >= 4 is 34.8 Å². The highest BCUT2D eigenvalue weighted by Gasteiger charge is 2.51. The Labute approximate surface area is 310 Å². The van der Waals surface area contributed by atoms with Gasteiger partial charge in [0.15, 0.2) is 0 Å². The topological polar surface area (TPSA) is 93.9 Å². The number of amides is 2. The van der Waals surface area contributed by atoms with Crippen LogP contribution >= 0.6 is 11.6 Å². The van der Waals surface area contributed by atoms with Crippen LogP contribution in [0.25, 0.3) is 0 Å². The summed E-state index contributed by atoms with van der Waals surface area (Å²) in [5, 5.41) is 3.86. The number of terminal acetylenes is 1. The fourth-order valence-electron chi connectivity index (χ4n) is 7.52. The Kier molecular flexibility index (Phi) is 10.9. The molecule has 5 aromatic carbocycles. The SMILES string of the molecule is C#CC(=O)N(c1ccc(OC)c(Cl)c1)C1(C(=O)NC(c2ccccc2)(c2ccccc2)c2ccc(Cc3cc(N)ccc3OC)cc2)CCCCC1. The Morgan fingerprint density at radius 1 is 0.808 bits per heavy atom. The van der Waals surface area contributed by atoms with Crippen molar-refractivity contribution in [2.24, 2.45) is 0 Å². The Morgan fingerprint density at radius 2 is 1.38 bits per heavy atom. The Hall–Kier alpha value is -5.71. The van der Waals surface area contributed by atoms with Crippen molar-refractivity contribution in [3.63, 3.8) is 0 Å². The number of methoxy groups -OCH3 is 2. The first-order valence-corrected chi connectivity index (χ1v) is 17.7. The standard InChI is InChI=1S/C44H42ClN3O4/c1-4-41(49)48(37-23-25-40(52-3)38(45)30-37)43(26-12-7-13-27-43)42(50)47-44(33-14-8-5-9-15-33,34-16-10-6-11-17-34)35-20-18-31(19-21-35)28-32-29-36(46)22-24-39(32)51-2/h1,5-6,8-11,14-25,29-30H,7,12-13,26-28,46H2,2-3H3,(H,47,50). The van der Waals surface area contributed by atoms with Crippen LogP contribution < -0.4 is 25.4 Å². The maximum atomic E-state index is 15.5. The number of nitrogens with zero attached hydrogens (tertiary/aromatic N) is 1. The molecule has 3 N–H and O–H groups in total. The lowest BCUT2D eigenvalue weighted by molar-refractivity contribution is -0.131. The van der Waals surface area contributed by atoms with E-state index in [-0.39, 0.29) is 5.91 Å². The van der Waals surface area contributed by atoms with Gasteiger partial charge in [0.1, 0.15) is 22.6 Å². The number of rotatable bonds is 11. The van der Waals surface area contributed by atoms with E-state index in [4.69, 9.17) is 33.2 Å². The first kappa shape index (κ1) is 36.1. The smallest absolute Gasteiger partial charge is 0.303 e. The number of halogens is 1. The molecule has 0 aliphatic heterocycles. The molecule has 6 rings (SSSR count). The van der Waals surface area contributed by atoms with Gasteiger partial charge in [0.25, 0.3) is 0 Å². The van der Waals surface area contributed by atoms with Gasteiger partial charge in [0, 0.05) is 23.4 Å². The predicted molar refractivity (Wildman–Crippen MR) is 208 cm³/mol. The molecular weight excluding hydrogens is 670 g/mol. The molecule has 0 radical (unpaired) electrons. The molecule has 7 nitrogen and oxygen atoms in total. The first-order valence-electron chi connectivity index (χ1n) is 17.4. The minimum absolute atomic E-state index is 0.306. The molecule has 1 aliphatic carbocycles. The summed E-state index contributed by atoms with van der Waals surface area (Å²) in [6, 6.07) is 38.7. The normalized spacial score (nSPS) is 13.7. The Balaban J connectivity index is 1.51. The van der Waals surface area contributed by atoms with Gasteiger partial charge in [-0.2, -0.15) is 0 Å². The summed E-state index contributed by atoms with van der Waals surface area (Å²) in [7, 11) is 3.17. The number of nitrogens with two attached hydrogens (primary N) is 1. The van der Waals surface area contributed by atoms with Crippen LogP contribution in [0.15, 0.2) is 121 Å². The minimum Gasteiger partial charge on any atom is -0.496 e. The molecule has 52 heavy (non-hydrogen) atoms. The van der Waals surface area contributed by atoms with Gasteiger partial charge in [-0.25, -0.2) is 0 Å². The molecule has 1 fully saturated rings. The number of anilines is 2. The van der Waals surface area contributed by atoms with Crippen LogP contribution in [0.4, 0.5) is 11.4 Å². The number of carbonyl (C=O) groups excluding carboxylic acids is 2. The molecule has 5 aromatic rings. The molecule has 0 atom stereocenters. The Bertz CT molecular complexity index is 2030. The monoisotopic (exact) mass is 711 g/mol. The first-order chi connectivity index (χ1) is 25.2. The van der Waals surface area contributed by atoms with Gasteiger partial charge in [0.05, 0.1) is 19.2 Å². The third kappa shape index (κ3) is 6.95. The van der Waals surface area contributed by atoms with Crippen LogP contribution in [0.2, 0.25) is 5.02 Å². The maximum Gasteiger partial charge on any atom is 0.303 e. The molecule has 0 spiro atoms. The average Bonchev–Trinajstić information content (AvgIpc) is 3.18. The van der Waals surface area contributed by atoms with Crippen LogP contribution in [0, 0.1) is 12.3 Å². The summed E-state index contributed by atoms with van der Waals surface area (Å²) >= 11 is 6.59. The molecule has 8 heteroatoms. The summed E-state index contributed by atoms with van der Waals surface area (Å²) in [6.07, 6.45) is 9.64. The van der Waals surface area contributed by atoms with Crippen LogP contribution in [-0.2, 0) is 21.5 Å². The molecule has 0 heterocycles. The third-order valence-electron chi connectivity index (χ3n) is 10.1. The molecule has 1 saturated carbocycles. The second-order valence-corrected chi connectivity index (χ2v) is 13.5. The molecule has 0 saturated heterocycles. The Morgan fingerprint density at radius 3 is 1.94 bits per heavy atom. The number of hydrogen-bond donors (Lipinski definition) is 2. The fraction of sp³-hybridized carbons (Fsp3) is 0.227. The number of nitrogen functional groups attached to an aromatic ring is 1. The van der Waals surface area contributed by atoms with Crippen LogP contribution in [0.1, 0.15) is 59.9 Å². The van der Waals surface area contributed by atoms with E-state index >= 15 is 4.79 Å². The van der Waals surface area contributed by atoms with E-state index in [0.717, 1.165) is 52.8 Å². The van der Waals surface area contributed by atoms with Crippen molar-refractivity contribution in [3.8, 4) is 23.8 Å². The highest BCUT2D eigenvalue weighted by Crippen LogP contribution is 2.43. The van der Waals surface area contributed by atoms with Gasteiger partial charge in [-0.05, 0) is 77.4 Å². The van der Waals surface area contributed by atoms with Crippen LogP contribution in [0.3, 0.4) is 0 Å². The molecule has 0 aromatic heterocycles. The minimum atomic E-state index is -1.31. The van der Waals surface area contributed by atoms with E-state index in [1.54, 1.807) is 25.3 Å². The highest BCUT2D eigenvalue weighted by molar-refractivity contribution is 6.32. The van der Waals surface area contributed by atoms with Gasteiger partial charge < -0.3 is 20.5 Å². The summed E-state index contributed by atoms with van der Waals surface area (Å²) in [4.78, 5) is 30.8. The van der Waals surface area contributed by atoms with Gasteiger partial charge in [0.2, 0.25) is 5.91 Å². The van der Waals surface area contributed by atoms with Gasteiger partial charge in [-0.15, -0.1) is 6.42 Å². The van der Waals surface area contributed by atoms with Crippen molar-refractivity contribution in [3.05, 3.63) is 154 Å².